The maximum Gasteiger partial charge on any atom is 0.463 e. The first-order valence-electron chi connectivity index (χ1n) is 12.4. The molecule has 2 aromatic rings. The van der Waals surface area contributed by atoms with Gasteiger partial charge in [-0.2, -0.15) is 0 Å². The Labute approximate surface area is 209 Å². The molecule has 0 amide bonds. The monoisotopic (exact) mass is 484 g/mol. The van der Waals surface area contributed by atoms with Crippen LogP contribution in [0.2, 0.25) is 0 Å². The molecule has 2 aromatic carbocycles. The summed E-state index contributed by atoms with van der Waals surface area (Å²) in [7, 11) is -1.57. The fraction of sp³-hybridized carbons (Fsp3) is 0.600. The van der Waals surface area contributed by atoms with Crippen molar-refractivity contribution in [2.24, 2.45) is 0 Å². The predicted octanol–water partition coefficient (Wildman–Crippen LogP) is 9.40. The van der Waals surface area contributed by atoms with Crippen molar-refractivity contribution in [2.75, 3.05) is 0 Å². The minimum Gasteiger partial charge on any atom is -0.417 e. The molecule has 0 fully saturated rings. The number of aryl methyl sites for hydroxylation is 1. The van der Waals surface area contributed by atoms with E-state index in [0.29, 0.717) is 6.61 Å². The SMILES string of the molecule is Cc1cc(C(C)(C)C)c(OP2OCc3cc(C(C)(C)C)cc(C(C)(C)C)c3O2)c(C(C)(C)C)c1. The van der Waals surface area contributed by atoms with Crippen molar-refractivity contribution < 1.29 is 13.6 Å². The van der Waals surface area contributed by atoms with E-state index in [1.165, 1.54) is 27.8 Å². The minimum atomic E-state index is -1.57. The third-order valence-electron chi connectivity index (χ3n) is 6.35. The molecule has 0 bridgehead atoms. The van der Waals surface area contributed by atoms with Crippen molar-refractivity contribution in [2.45, 2.75) is 118 Å². The summed E-state index contributed by atoms with van der Waals surface area (Å²) < 4.78 is 19.4. The molecule has 1 atom stereocenters. The highest BCUT2D eigenvalue weighted by molar-refractivity contribution is 7.42. The van der Waals surface area contributed by atoms with Crippen molar-refractivity contribution in [1.29, 1.82) is 0 Å². The van der Waals surface area contributed by atoms with Gasteiger partial charge < -0.3 is 9.05 Å². The van der Waals surface area contributed by atoms with Crippen LogP contribution in [-0.2, 0) is 32.8 Å². The molecule has 34 heavy (non-hydrogen) atoms. The van der Waals surface area contributed by atoms with E-state index in [2.05, 4.69) is 114 Å². The second kappa shape index (κ2) is 8.82. The molecule has 0 saturated carbocycles. The fourth-order valence-corrected chi connectivity index (χ4v) is 5.32. The Balaban J connectivity index is 2.09. The molecule has 1 unspecified atom stereocenters. The van der Waals surface area contributed by atoms with E-state index in [4.69, 9.17) is 13.6 Å². The maximum atomic E-state index is 6.67. The normalized spacial score (nSPS) is 17.3. The van der Waals surface area contributed by atoms with Gasteiger partial charge in [-0.3, -0.25) is 4.52 Å². The number of rotatable bonds is 2. The lowest BCUT2D eigenvalue weighted by Gasteiger charge is -2.34. The molecule has 0 radical (unpaired) electrons. The summed E-state index contributed by atoms with van der Waals surface area (Å²) in [6.45, 7) is 29.5. The lowest BCUT2D eigenvalue weighted by Crippen LogP contribution is -2.22. The van der Waals surface area contributed by atoms with Crippen LogP contribution < -0.4 is 9.05 Å². The summed E-state index contributed by atoms with van der Waals surface area (Å²) >= 11 is 0. The second-order valence-electron chi connectivity index (χ2n) is 13.9. The van der Waals surface area contributed by atoms with E-state index >= 15 is 0 Å². The standard InChI is InChI=1S/C30H45O3P/c1-19-14-22(28(5,6)7)26(23(15-19)29(8,9)10)33-34-31-18-20-16-21(27(2,3)4)17-24(25(20)32-34)30(11,12)13/h14-17H,18H2,1-13H3. The Morgan fingerprint density at radius 1 is 0.676 bits per heavy atom. The summed E-state index contributed by atoms with van der Waals surface area (Å²) in [5.41, 5.74) is 7.12. The van der Waals surface area contributed by atoms with Gasteiger partial charge in [0.25, 0.3) is 0 Å². The highest BCUT2D eigenvalue weighted by Crippen LogP contribution is 2.54. The first-order valence-corrected chi connectivity index (χ1v) is 13.5. The Kier molecular flexibility index (Phi) is 7.01. The Morgan fingerprint density at radius 3 is 1.62 bits per heavy atom. The van der Waals surface area contributed by atoms with Crippen LogP contribution in [0.4, 0.5) is 0 Å². The molecule has 1 heterocycles. The van der Waals surface area contributed by atoms with Crippen LogP contribution >= 0.6 is 8.60 Å². The average molecular weight is 485 g/mol. The van der Waals surface area contributed by atoms with Gasteiger partial charge in [-0.05, 0) is 40.2 Å². The van der Waals surface area contributed by atoms with Gasteiger partial charge in [0, 0.05) is 22.3 Å². The van der Waals surface area contributed by atoms with E-state index in [9.17, 15) is 0 Å². The van der Waals surface area contributed by atoms with Gasteiger partial charge in [-0.1, -0.05) is 107 Å². The van der Waals surface area contributed by atoms with E-state index in [1.807, 2.05) is 0 Å². The van der Waals surface area contributed by atoms with Gasteiger partial charge in [0.1, 0.15) is 11.5 Å². The molecule has 4 heteroatoms. The van der Waals surface area contributed by atoms with Crippen molar-refractivity contribution >= 4 is 8.60 Å². The lowest BCUT2D eigenvalue weighted by molar-refractivity contribution is 0.228. The van der Waals surface area contributed by atoms with Crippen LogP contribution in [0.1, 0.15) is 116 Å². The smallest absolute Gasteiger partial charge is 0.417 e. The van der Waals surface area contributed by atoms with Gasteiger partial charge in [0.15, 0.2) is 0 Å². The first-order chi connectivity index (χ1) is 15.3. The minimum absolute atomic E-state index is 0.0544. The van der Waals surface area contributed by atoms with E-state index in [0.717, 1.165) is 17.1 Å². The molecule has 0 aromatic heterocycles. The average Bonchev–Trinajstić information content (AvgIpc) is 2.65. The van der Waals surface area contributed by atoms with Crippen molar-refractivity contribution in [3.05, 3.63) is 57.6 Å². The third kappa shape index (κ3) is 5.80. The first kappa shape index (κ1) is 27.0. The van der Waals surface area contributed by atoms with Crippen LogP contribution in [0.15, 0.2) is 24.3 Å². The number of benzene rings is 2. The highest BCUT2D eigenvalue weighted by Gasteiger charge is 2.35. The van der Waals surface area contributed by atoms with Gasteiger partial charge in [0.2, 0.25) is 0 Å². The lowest BCUT2D eigenvalue weighted by atomic mass is 9.78. The molecule has 0 saturated heterocycles. The van der Waals surface area contributed by atoms with Crippen LogP contribution in [0, 0.1) is 6.92 Å². The molecule has 188 valence electrons. The van der Waals surface area contributed by atoms with Crippen molar-refractivity contribution in [1.82, 2.24) is 0 Å². The zero-order valence-corrected chi connectivity index (χ0v) is 24.6. The summed E-state index contributed by atoms with van der Waals surface area (Å²) in [5, 5.41) is 0. The van der Waals surface area contributed by atoms with Crippen LogP contribution in [0.5, 0.6) is 11.5 Å². The largest absolute Gasteiger partial charge is 0.463 e. The van der Waals surface area contributed by atoms with Crippen molar-refractivity contribution in [3.63, 3.8) is 0 Å². The van der Waals surface area contributed by atoms with Crippen LogP contribution in [0.25, 0.3) is 0 Å². The Morgan fingerprint density at radius 2 is 1.18 bits per heavy atom. The molecular weight excluding hydrogens is 439 g/mol. The molecule has 0 aliphatic carbocycles. The summed E-state index contributed by atoms with van der Waals surface area (Å²) in [6.07, 6.45) is 0. The third-order valence-corrected chi connectivity index (χ3v) is 7.35. The van der Waals surface area contributed by atoms with Gasteiger partial charge in [0.05, 0.1) is 6.61 Å². The molecule has 3 rings (SSSR count). The number of hydrogen-bond donors (Lipinski definition) is 0. The molecule has 0 N–H and O–H groups in total. The molecule has 1 aliphatic rings. The van der Waals surface area contributed by atoms with E-state index in [1.54, 1.807) is 0 Å². The van der Waals surface area contributed by atoms with E-state index in [-0.39, 0.29) is 21.7 Å². The highest BCUT2D eigenvalue weighted by atomic mass is 31.2. The predicted molar refractivity (Wildman–Crippen MR) is 145 cm³/mol. The molecule has 3 nitrogen and oxygen atoms in total. The quantitative estimate of drug-likeness (QED) is 0.397. The summed E-state index contributed by atoms with van der Waals surface area (Å²) in [5.74, 6) is 1.84. The van der Waals surface area contributed by atoms with Gasteiger partial charge in [-0.25, -0.2) is 0 Å². The molecular formula is C30H45O3P. The number of fused-ring (bicyclic) bond motifs is 1. The zero-order valence-electron chi connectivity index (χ0n) is 23.7. The Hall–Kier alpha value is -1.57. The zero-order chi connectivity index (χ0) is 25.9. The number of hydrogen-bond acceptors (Lipinski definition) is 3. The van der Waals surface area contributed by atoms with E-state index < -0.39 is 8.60 Å². The molecule has 0 spiro atoms. The van der Waals surface area contributed by atoms with Gasteiger partial charge >= 0.3 is 8.60 Å². The summed E-state index contributed by atoms with van der Waals surface area (Å²) in [6, 6.07) is 9.04. The van der Waals surface area contributed by atoms with Crippen LogP contribution in [-0.4, -0.2) is 0 Å². The second-order valence-corrected chi connectivity index (χ2v) is 15.0. The van der Waals surface area contributed by atoms with Crippen LogP contribution in [0.3, 0.4) is 0 Å². The maximum absolute atomic E-state index is 6.67. The molecule has 1 aliphatic heterocycles. The topological polar surface area (TPSA) is 27.7 Å². The fourth-order valence-electron chi connectivity index (χ4n) is 4.22. The summed E-state index contributed by atoms with van der Waals surface area (Å²) in [4.78, 5) is 0. The Bertz CT molecular complexity index is 1020. The van der Waals surface area contributed by atoms with Gasteiger partial charge in [-0.15, -0.1) is 0 Å². The van der Waals surface area contributed by atoms with Crippen molar-refractivity contribution in [3.8, 4) is 11.5 Å².